The average Bonchev–Trinajstić information content (AvgIpc) is 3.08. The summed E-state index contributed by atoms with van der Waals surface area (Å²) in [5, 5.41) is 7.31. The topological polar surface area (TPSA) is 80.9 Å². The maximum absolute atomic E-state index is 12.9. The lowest BCUT2D eigenvalue weighted by atomic mass is 9.78. The highest BCUT2D eigenvalue weighted by Crippen LogP contribution is 2.56. The molecule has 3 fully saturated rings. The Balaban J connectivity index is 1.27. The van der Waals surface area contributed by atoms with E-state index in [0.29, 0.717) is 30.2 Å². The van der Waals surface area contributed by atoms with Crippen molar-refractivity contribution in [2.24, 2.45) is 17.8 Å². The second kappa shape index (κ2) is 6.49. The zero-order valence-electron chi connectivity index (χ0n) is 14.8. The summed E-state index contributed by atoms with van der Waals surface area (Å²) >= 11 is 0. The Bertz CT molecular complexity index is 786. The molecule has 6 heteroatoms. The predicted octanol–water partition coefficient (Wildman–Crippen LogP) is 2.83. The summed E-state index contributed by atoms with van der Waals surface area (Å²) in [7, 11) is 0. The van der Waals surface area contributed by atoms with E-state index in [0.717, 1.165) is 43.6 Å². The van der Waals surface area contributed by atoms with Crippen molar-refractivity contribution in [1.82, 2.24) is 20.4 Å². The van der Waals surface area contributed by atoms with Gasteiger partial charge in [-0.1, -0.05) is 11.2 Å². The SMILES string of the molecule is O=C(NCCc1ccccn1)[C@H]1[C@H]2CC[C@H](C2)[C@@H]1c1nc(C2CC2)no1. The molecule has 1 N–H and O–H groups in total. The van der Waals surface area contributed by atoms with Crippen LogP contribution in [0.2, 0.25) is 0 Å². The molecule has 2 bridgehead atoms. The van der Waals surface area contributed by atoms with Gasteiger partial charge in [-0.05, 0) is 56.1 Å². The minimum Gasteiger partial charge on any atom is -0.355 e. The third-order valence-corrected chi connectivity index (χ3v) is 6.31. The molecule has 3 aliphatic rings. The number of nitrogens with zero attached hydrogens (tertiary/aromatic N) is 3. The molecular formula is C20H24N4O2. The molecular weight excluding hydrogens is 328 g/mol. The van der Waals surface area contributed by atoms with Crippen LogP contribution in [0.1, 0.15) is 61.3 Å². The third kappa shape index (κ3) is 2.91. The first kappa shape index (κ1) is 16.0. The van der Waals surface area contributed by atoms with Crippen LogP contribution in [-0.2, 0) is 11.2 Å². The fourth-order valence-electron chi connectivity index (χ4n) is 4.89. The van der Waals surface area contributed by atoms with Crippen LogP contribution < -0.4 is 5.32 Å². The molecule has 0 aliphatic heterocycles. The zero-order valence-corrected chi connectivity index (χ0v) is 14.8. The molecule has 2 aromatic rings. The van der Waals surface area contributed by atoms with Gasteiger partial charge in [-0.15, -0.1) is 0 Å². The van der Waals surface area contributed by atoms with Crippen molar-refractivity contribution in [3.8, 4) is 0 Å². The van der Waals surface area contributed by atoms with Crippen LogP contribution in [0.25, 0.3) is 0 Å². The minimum atomic E-state index is -0.0232. The average molecular weight is 352 g/mol. The van der Waals surface area contributed by atoms with E-state index >= 15 is 0 Å². The van der Waals surface area contributed by atoms with Crippen LogP contribution in [-0.4, -0.2) is 27.6 Å². The number of rotatable bonds is 6. The largest absolute Gasteiger partial charge is 0.355 e. The normalized spacial score (nSPS) is 29.8. The van der Waals surface area contributed by atoms with Crippen LogP contribution in [0.5, 0.6) is 0 Å². The van der Waals surface area contributed by atoms with Gasteiger partial charge in [0.25, 0.3) is 0 Å². The minimum absolute atomic E-state index is 0.0232. The van der Waals surface area contributed by atoms with E-state index in [2.05, 4.69) is 20.4 Å². The molecule has 3 saturated carbocycles. The van der Waals surface area contributed by atoms with Gasteiger partial charge in [0.1, 0.15) is 0 Å². The number of carbonyl (C=O) groups is 1. The highest BCUT2D eigenvalue weighted by Gasteiger charge is 2.53. The molecule has 0 unspecified atom stereocenters. The van der Waals surface area contributed by atoms with Crippen molar-refractivity contribution in [3.05, 3.63) is 41.8 Å². The molecule has 2 heterocycles. The van der Waals surface area contributed by atoms with E-state index in [-0.39, 0.29) is 17.7 Å². The number of nitrogens with one attached hydrogen (secondary N) is 1. The van der Waals surface area contributed by atoms with Crippen molar-refractivity contribution >= 4 is 5.91 Å². The van der Waals surface area contributed by atoms with Crippen LogP contribution in [0.3, 0.4) is 0 Å². The monoisotopic (exact) mass is 352 g/mol. The van der Waals surface area contributed by atoms with Gasteiger partial charge in [-0.25, -0.2) is 0 Å². The van der Waals surface area contributed by atoms with Gasteiger partial charge in [0.2, 0.25) is 11.8 Å². The molecule has 0 aromatic carbocycles. The van der Waals surface area contributed by atoms with E-state index in [1.807, 2.05) is 18.2 Å². The van der Waals surface area contributed by atoms with Crippen LogP contribution in [0.15, 0.2) is 28.9 Å². The lowest BCUT2D eigenvalue weighted by Crippen LogP contribution is -2.38. The summed E-state index contributed by atoms with van der Waals surface area (Å²) in [5.74, 6) is 3.21. The summed E-state index contributed by atoms with van der Waals surface area (Å²) in [6.45, 7) is 0.619. The van der Waals surface area contributed by atoms with Gasteiger partial charge in [0.15, 0.2) is 5.82 Å². The van der Waals surface area contributed by atoms with E-state index in [9.17, 15) is 4.79 Å². The van der Waals surface area contributed by atoms with Crippen LogP contribution in [0.4, 0.5) is 0 Å². The molecule has 6 nitrogen and oxygen atoms in total. The number of hydrogen-bond donors (Lipinski definition) is 1. The Morgan fingerprint density at radius 1 is 1.19 bits per heavy atom. The molecule has 0 radical (unpaired) electrons. The Morgan fingerprint density at radius 3 is 2.88 bits per heavy atom. The number of carbonyl (C=O) groups excluding carboxylic acids is 1. The summed E-state index contributed by atoms with van der Waals surface area (Å²) in [6.07, 6.45) is 8.29. The highest BCUT2D eigenvalue weighted by atomic mass is 16.5. The summed E-state index contributed by atoms with van der Waals surface area (Å²) < 4.78 is 5.61. The standard InChI is InChI=1S/C20H24N4O2/c25-19(22-10-8-15-3-1-2-9-21-15)16-13-6-7-14(11-13)17(16)20-23-18(24-26-20)12-4-5-12/h1-3,9,12-14,16-17H,4-8,10-11H2,(H,22,25)/t13-,14+,16-,17-/m0/s1. The molecule has 5 rings (SSSR count). The van der Waals surface area contributed by atoms with E-state index in [1.54, 1.807) is 6.20 Å². The number of fused-ring (bicyclic) bond motifs is 2. The second-order valence-corrected chi connectivity index (χ2v) is 8.01. The number of pyridine rings is 1. The molecule has 0 saturated heterocycles. The lowest BCUT2D eigenvalue weighted by molar-refractivity contribution is -0.127. The molecule has 1 amide bonds. The molecule has 0 spiro atoms. The van der Waals surface area contributed by atoms with Crippen LogP contribution >= 0.6 is 0 Å². The first-order valence-corrected chi connectivity index (χ1v) is 9.80. The van der Waals surface area contributed by atoms with E-state index in [4.69, 9.17) is 4.52 Å². The summed E-state index contributed by atoms with van der Waals surface area (Å²) in [5.41, 5.74) is 1.00. The van der Waals surface area contributed by atoms with Crippen molar-refractivity contribution in [2.75, 3.05) is 6.54 Å². The Morgan fingerprint density at radius 2 is 2.08 bits per heavy atom. The van der Waals surface area contributed by atoms with Gasteiger partial charge < -0.3 is 9.84 Å². The van der Waals surface area contributed by atoms with Crippen molar-refractivity contribution in [3.63, 3.8) is 0 Å². The van der Waals surface area contributed by atoms with Crippen molar-refractivity contribution < 1.29 is 9.32 Å². The van der Waals surface area contributed by atoms with E-state index in [1.165, 1.54) is 6.42 Å². The molecule has 3 aliphatic carbocycles. The number of aromatic nitrogens is 3. The highest BCUT2D eigenvalue weighted by molar-refractivity contribution is 5.80. The van der Waals surface area contributed by atoms with Crippen molar-refractivity contribution in [2.45, 2.75) is 50.4 Å². The zero-order chi connectivity index (χ0) is 17.5. The predicted molar refractivity (Wildman–Crippen MR) is 94.3 cm³/mol. The Labute approximate surface area is 152 Å². The molecule has 26 heavy (non-hydrogen) atoms. The fourth-order valence-corrected chi connectivity index (χ4v) is 4.89. The molecule has 136 valence electrons. The molecule has 2 aromatic heterocycles. The lowest BCUT2D eigenvalue weighted by Gasteiger charge is -2.27. The summed E-state index contributed by atoms with van der Waals surface area (Å²) in [4.78, 5) is 21.9. The second-order valence-electron chi connectivity index (χ2n) is 8.01. The smallest absolute Gasteiger partial charge is 0.230 e. The van der Waals surface area contributed by atoms with Crippen LogP contribution in [0, 0.1) is 17.8 Å². The quantitative estimate of drug-likeness (QED) is 0.864. The van der Waals surface area contributed by atoms with Gasteiger partial charge in [-0.3, -0.25) is 9.78 Å². The maximum atomic E-state index is 12.9. The van der Waals surface area contributed by atoms with Gasteiger partial charge in [0, 0.05) is 30.8 Å². The summed E-state index contributed by atoms with van der Waals surface area (Å²) in [6, 6.07) is 5.87. The third-order valence-electron chi connectivity index (χ3n) is 6.31. The fraction of sp³-hybridized carbons (Fsp3) is 0.600. The first-order valence-electron chi connectivity index (χ1n) is 9.80. The van der Waals surface area contributed by atoms with Gasteiger partial charge >= 0.3 is 0 Å². The maximum Gasteiger partial charge on any atom is 0.230 e. The number of amides is 1. The number of hydrogen-bond acceptors (Lipinski definition) is 5. The van der Waals surface area contributed by atoms with Crippen molar-refractivity contribution in [1.29, 1.82) is 0 Å². The van der Waals surface area contributed by atoms with Gasteiger partial charge in [0.05, 0.1) is 11.8 Å². The Hall–Kier alpha value is -2.24. The van der Waals surface area contributed by atoms with E-state index < -0.39 is 0 Å². The Kier molecular flexibility index (Phi) is 3.98. The van der Waals surface area contributed by atoms with Gasteiger partial charge in [-0.2, -0.15) is 4.98 Å². The first-order chi connectivity index (χ1) is 12.8. The molecule has 4 atom stereocenters.